The molecule has 5 nitrogen and oxygen atoms in total. The van der Waals surface area contributed by atoms with Gasteiger partial charge >= 0.3 is 0 Å². The molecule has 1 saturated heterocycles. The van der Waals surface area contributed by atoms with Gasteiger partial charge in [0.05, 0.1) is 0 Å². The molecule has 0 bridgehead atoms. The lowest BCUT2D eigenvalue weighted by atomic mass is 9.99. The second-order valence-corrected chi connectivity index (χ2v) is 6.74. The number of rotatable bonds is 3. The molecule has 1 aromatic heterocycles. The zero-order valence-corrected chi connectivity index (χ0v) is 13.5. The van der Waals surface area contributed by atoms with Crippen LogP contribution < -0.4 is 5.32 Å². The smallest absolute Gasteiger partial charge is 0.274 e. The third-order valence-electron chi connectivity index (χ3n) is 3.75. The zero-order chi connectivity index (χ0) is 15.5. The summed E-state index contributed by atoms with van der Waals surface area (Å²) in [5.74, 6) is 0.709. The summed E-state index contributed by atoms with van der Waals surface area (Å²) in [7, 11) is 0. The SMILES string of the molecule is CCC1CCCCN1C(=O)c1ccc(NC(C)(C)C)nn1. The number of nitrogens with zero attached hydrogens (tertiary/aromatic N) is 3. The van der Waals surface area contributed by atoms with Crippen LogP contribution in [0.4, 0.5) is 5.82 Å². The summed E-state index contributed by atoms with van der Waals surface area (Å²) < 4.78 is 0. The summed E-state index contributed by atoms with van der Waals surface area (Å²) in [6.45, 7) is 9.16. The zero-order valence-electron chi connectivity index (χ0n) is 13.5. The van der Waals surface area contributed by atoms with Gasteiger partial charge < -0.3 is 10.2 Å². The molecule has 2 rings (SSSR count). The topological polar surface area (TPSA) is 58.1 Å². The van der Waals surface area contributed by atoms with E-state index in [1.165, 1.54) is 6.42 Å². The maximum absolute atomic E-state index is 12.6. The van der Waals surface area contributed by atoms with Crippen molar-refractivity contribution in [3.8, 4) is 0 Å². The Bertz CT molecular complexity index is 478. The molecule has 116 valence electrons. The average Bonchev–Trinajstić information content (AvgIpc) is 2.45. The van der Waals surface area contributed by atoms with Crippen molar-refractivity contribution in [2.75, 3.05) is 11.9 Å². The van der Waals surface area contributed by atoms with Gasteiger partial charge in [-0.05, 0) is 58.6 Å². The molecule has 0 radical (unpaired) electrons. The summed E-state index contributed by atoms with van der Waals surface area (Å²) in [5.41, 5.74) is 0.371. The molecule has 0 aliphatic carbocycles. The maximum atomic E-state index is 12.6. The fourth-order valence-corrected chi connectivity index (χ4v) is 2.74. The molecular formula is C16H26N4O. The number of hydrogen-bond donors (Lipinski definition) is 1. The number of amides is 1. The van der Waals surface area contributed by atoms with Gasteiger partial charge in [0, 0.05) is 18.1 Å². The van der Waals surface area contributed by atoms with Crippen molar-refractivity contribution in [2.24, 2.45) is 0 Å². The Labute approximate surface area is 127 Å². The van der Waals surface area contributed by atoms with Gasteiger partial charge in [-0.25, -0.2) is 0 Å². The lowest BCUT2D eigenvalue weighted by Crippen LogP contribution is -2.43. The average molecular weight is 290 g/mol. The number of carbonyl (C=O) groups excluding carboxylic acids is 1. The van der Waals surface area contributed by atoms with E-state index in [9.17, 15) is 4.79 Å². The summed E-state index contributed by atoms with van der Waals surface area (Å²) >= 11 is 0. The molecule has 2 heterocycles. The largest absolute Gasteiger partial charge is 0.364 e. The van der Waals surface area contributed by atoms with Crippen molar-refractivity contribution < 1.29 is 4.79 Å². The Morgan fingerprint density at radius 2 is 2.10 bits per heavy atom. The third-order valence-corrected chi connectivity index (χ3v) is 3.75. The summed E-state index contributed by atoms with van der Waals surface area (Å²) in [6.07, 6.45) is 4.39. The van der Waals surface area contributed by atoms with Crippen LogP contribution in [0, 0.1) is 0 Å². The first-order chi connectivity index (χ1) is 9.90. The lowest BCUT2D eigenvalue weighted by Gasteiger charge is -2.34. The van der Waals surface area contributed by atoms with E-state index >= 15 is 0 Å². The monoisotopic (exact) mass is 290 g/mol. The highest BCUT2D eigenvalue weighted by molar-refractivity contribution is 5.92. The molecule has 21 heavy (non-hydrogen) atoms. The van der Waals surface area contributed by atoms with E-state index in [0.717, 1.165) is 25.8 Å². The van der Waals surface area contributed by atoms with E-state index in [1.54, 1.807) is 6.07 Å². The van der Waals surface area contributed by atoms with Crippen LogP contribution >= 0.6 is 0 Å². The van der Waals surface area contributed by atoms with Crippen LogP contribution in [-0.4, -0.2) is 39.1 Å². The molecule has 0 aromatic carbocycles. The van der Waals surface area contributed by atoms with Crippen LogP contribution in [0.5, 0.6) is 0 Å². The van der Waals surface area contributed by atoms with Crippen molar-refractivity contribution in [3.63, 3.8) is 0 Å². The number of carbonyl (C=O) groups is 1. The normalized spacial score (nSPS) is 19.4. The number of aromatic nitrogens is 2. The van der Waals surface area contributed by atoms with Crippen LogP contribution in [0.25, 0.3) is 0 Å². The summed E-state index contributed by atoms with van der Waals surface area (Å²) in [4.78, 5) is 14.5. The molecule has 1 atom stereocenters. The molecule has 0 saturated carbocycles. The first-order valence-electron chi connectivity index (χ1n) is 7.83. The van der Waals surface area contributed by atoms with E-state index in [1.807, 2.05) is 11.0 Å². The molecule has 1 amide bonds. The van der Waals surface area contributed by atoms with Crippen molar-refractivity contribution in [2.45, 2.75) is 65.0 Å². The number of hydrogen-bond acceptors (Lipinski definition) is 4. The fraction of sp³-hybridized carbons (Fsp3) is 0.688. The number of likely N-dealkylation sites (tertiary alicyclic amines) is 1. The number of nitrogens with one attached hydrogen (secondary N) is 1. The Morgan fingerprint density at radius 3 is 2.67 bits per heavy atom. The van der Waals surface area contributed by atoms with Gasteiger partial charge in [-0.15, -0.1) is 10.2 Å². The minimum Gasteiger partial charge on any atom is -0.364 e. The van der Waals surface area contributed by atoms with Crippen molar-refractivity contribution in [1.29, 1.82) is 0 Å². The van der Waals surface area contributed by atoms with E-state index < -0.39 is 0 Å². The predicted molar refractivity (Wildman–Crippen MR) is 84.4 cm³/mol. The van der Waals surface area contributed by atoms with Gasteiger partial charge in [0.1, 0.15) is 5.82 Å². The van der Waals surface area contributed by atoms with Gasteiger partial charge in [0.2, 0.25) is 0 Å². The maximum Gasteiger partial charge on any atom is 0.274 e. The molecule has 1 aromatic rings. The Hall–Kier alpha value is -1.65. The third kappa shape index (κ3) is 4.16. The molecule has 5 heteroatoms. The van der Waals surface area contributed by atoms with Gasteiger partial charge in [-0.3, -0.25) is 4.79 Å². The van der Waals surface area contributed by atoms with Crippen molar-refractivity contribution >= 4 is 11.7 Å². The van der Waals surface area contributed by atoms with Gasteiger partial charge in [0.15, 0.2) is 5.69 Å². The Balaban J connectivity index is 2.08. The van der Waals surface area contributed by atoms with Gasteiger partial charge in [-0.1, -0.05) is 6.92 Å². The van der Waals surface area contributed by atoms with Crippen LogP contribution in [-0.2, 0) is 0 Å². The first-order valence-corrected chi connectivity index (χ1v) is 7.83. The molecule has 1 aliphatic heterocycles. The standard InChI is InChI=1S/C16H26N4O/c1-5-12-8-6-7-11-20(12)15(21)13-9-10-14(19-18-13)17-16(2,3)4/h9-10,12H,5-8,11H2,1-4H3,(H,17,19). The Kier molecular flexibility index (Phi) is 4.80. The quantitative estimate of drug-likeness (QED) is 0.929. The minimum atomic E-state index is -0.0691. The van der Waals surface area contributed by atoms with Crippen LogP contribution in [0.1, 0.15) is 63.9 Å². The van der Waals surface area contributed by atoms with Gasteiger partial charge in [-0.2, -0.15) is 0 Å². The molecule has 1 fully saturated rings. The summed E-state index contributed by atoms with van der Waals surface area (Å²) in [5, 5.41) is 11.5. The molecular weight excluding hydrogens is 264 g/mol. The highest BCUT2D eigenvalue weighted by atomic mass is 16.2. The van der Waals surface area contributed by atoms with Crippen molar-refractivity contribution in [1.82, 2.24) is 15.1 Å². The van der Waals surface area contributed by atoms with E-state index in [-0.39, 0.29) is 11.4 Å². The number of piperidine rings is 1. The molecule has 0 spiro atoms. The van der Waals surface area contributed by atoms with Crippen LogP contribution in [0.15, 0.2) is 12.1 Å². The summed E-state index contributed by atoms with van der Waals surface area (Å²) in [6, 6.07) is 3.95. The fourth-order valence-electron chi connectivity index (χ4n) is 2.74. The lowest BCUT2D eigenvalue weighted by molar-refractivity contribution is 0.0601. The highest BCUT2D eigenvalue weighted by Gasteiger charge is 2.27. The number of anilines is 1. The van der Waals surface area contributed by atoms with Crippen LogP contribution in [0.3, 0.4) is 0 Å². The molecule has 1 aliphatic rings. The minimum absolute atomic E-state index is 0.0105. The molecule has 1 unspecified atom stereocenters. The Morgan fingerprint density at radius 1 is 1.33 bits per heavy atom. The molecule has 1 N–H and O–H groups in total. The second kappa shape index (κ2) is 6.41. The van der Waals surface area contributed by atoms with E-state index in [2.05, 4.69) is 43.2 Å². The van der Waals surface area contributed by atoms with Crippen LogP contribution in [0.2, 0.25) is 0 Å². The first kappa shape index (κ1) is 15.7. The highest BCUT2D eigenvalue weighted by Crippen LogP contribution is 2.21. The van der Waals surface area contributed by atoms with E-state index in [0.29, 0.717) is 17.6 Å². The van der Waals surface area contributed by atoms with Crippen molar-refractivity contribution in [3.05, 3.63) is 17.8 Å². The predicted octanol–water partition coefficient (Wildman–Crippen LogP) is 3.09. The second-order valence-electron chi connectivity index (χ2n) is 6.74. The van der Waals surface area contributed by atoms with E-state index in [4.69, 9.17) is 0 Å². The van der Waals surface area contributed by atoms with Gasteiger partial charge in [0.25, 0.3) is 5.91 Å².